The van der Waals surface area contributed by atoms with Crippen LogP contribution in [0.25, 0.3) is 0 Å². The van der Waals surface area contributed by atoms with E-state index in [2.05, 4.69) is 4.98 Å². The lowest BCUT2D eigenvalue weighted by Gasteiger charge is -1.97. The highest BCUT2D eigenvalue weighted by Gasteiger charge is 2.15. The summed E-state index contributed by atoms with van der Waals surface area (Å²) in [6.07, 6.45) is 1.73. The Hall–Kier alpha value is -0.940. The van der Waals surface area contributed by atoms with Crippen LogP contribution in [0, 0.1) is 6.92 Å². The van der Waals surface area contributed by atoms with Crippen molar-refractivity contribution >= 4 is 17.3 Å². The molecule has 0 fully saturated rings. The van der Waals surface area contributed by atoms with Gasteiger partial charge in [0.1, 0.15) is 4.88 Å². The lowest BCUT2D eigenvalue weighted by molar-refractivity contribution is 0.0531. The third kappa shape index (κ3) is 3.28. The number of aromatic nitrogens is 1. The normalized spacial score (nSPS) is 10.3. The SMILES string of the molecule is CCOC(=O)c1sc(CCCN)nc1C. The fraction of sp³-hybridized carbons (Fsp3) is 0.600. The molecule has 1 aromatic rings. The number of ether oxygens (including phenoxy) is 1. The average molecular weight is 228 g/mol. The lowest BCUT2D eigenvalue weighted by Crippen LogP contribution is -2.03. The highest BCUT2D eigenvalue weighted by atomic mass is 32.1. The van der Waals surface area contributed by atoms with Gasteiger partial charge >= 0.3 is 5.97 Å². The summed E-state index contributed by atoms with van der Waals surface area (Å²) in [5, 5.41) is 0.959. The number of aryl methyl sites for hydroxylation is 2. The van der Waals surface area contributed by atoms with E-state index in [0.717, 1.165) is 23.5 Å². The van der Waals surface area contributed by atoms with E-state index < -0.39 is 0 Å². The first-order valence-electron chi connectivity index (χ1n) is 5.02. The Balaban J connectivity index is 2.72. The number of carbonyl (C=O) groups excluding carboxylic acids is 1. The molecule has 0 aromatic carbocycles. The number of hydrogen-bond donors (Lipinski definition) is 1. The standard InChI is InChI=1S/C10H16N2O2S/c1-3-14-10(13)9-7(2)12-8(15-9)5-4-6-11/h3-6,11H2,1-2H3. The third-order valence-corrected chi connectivity index (χ3v) is 3.09. The highest BCUT2D eigenvalue weighted by molar-refractivity contribution is 7.13. The molecule has 1 rings (SSSR count). The van der Waals surface area contributed by atoms with Crippen LogP contribution in [-0.2, 0) is 11.2 Å². The first-order chi connectivity index (χ1) is 7.19. The molecule has 0 spiro atoms. The van der Waals surface area contributed by atoms with E-state index in [1.54, 1.807) is 6.92 Å². The van der Waals surface area contributed by atoms with Crippen molar-refractivity contribution < 1.29 is 9.53 Å². The number of hydrogen-bond acceptors (Lipinski definition) is 5. The summed E-state index contributed by atoms with van der Waals surface area (Å²) in [5.41, 5.74) is 6.17. The zero-order valence-electron chi connectivity index (χ0n) is 9.08. The van der Waals surface area contributed by atoms with Crippen molar-refractivity contribution in [2.75, 3.05) is 13.2 Å². The number of nitrogens with zero attached hydrogens (tertiary/aromatic N) is 1. The predicted octanol–water partition coefficient (Wildman–Crippen LogP) is 1.52. The Morgan fingerprint density at radius 3 is 2.93 bits per heavy atom. The molecule has 84 valence electrons. The van der Waals surface area contributed by atoms with Crippen LogP contribution in [-0.4, -0.2) is 24.1 Å². The van der Waals surface area contributed by atoms with Gasteiger partial charge in [-0.05, 0) is 26.8 Å². The summed E-state index contributed by atoms with van der Waals surface area (Å²) in [5.74, 6) is -0.272. The van der Waals surface area contributed by atoms with Crippen LogP contribution in [0.1, 0.15) is 33.7 Å². The van der Waals surface area contributed by atoms with Crippen LogP contribution in [0.2, 0.25) is 0 Å². The molecule has 2 N–H and O–H groups in total. The van der Waals surface area contributed by atoms with Crippen molar-refractivity contribution in [3.8, 4) is 0 Å². The minimum Gasteiger partial charge on any atom is -0.462 e. The van der Waals surface area contributed by atoms with Gasteiger partial charge in [-0.25, -0.2) is 9.78 Å². The Labute approximate surface area is 93.5 Å². The van der Waals surface area contributed by atoms with Gasteiger partial charge in [-0.3, -0.25) is 0 Å². The van der Waals surface area contributed by atoms with Gasteiger partial charge < -0.3 is 10.5 Å². The third-order valence-electron chi connectivity index (χ3n) is 1.90. The maximum Gasteiger partial charge on any atom is 0.350 e. The van der Waals surface area contributed by atoms with Gasteiger partial charge in [-0.2, -0.15) is 0 Å². The second-order valence-electron chi connectivity index (χ2n) is 3.13. The number of carbonyl (C=O) groups is 1. The van der Waals surface area contributed by atoms with E-state index in [0.29, 0.717) is 18.0 Å². The van der Waals surface area contributed by atoms with Gasteiger partial charge in [0.15, 0.2) is 0 Å². The summed E-state index contributed by atoms with van der Waals surface area (Å²) >= 11 is 1.41. The van der Waals surface area contributed by atoms with Gasteiger partial charge in [0, 0.05) is 6.42 Å². The van der Waals surface area contributed by atoms with Gasteiger partial charge in [0.2, 0.25) is 0 Å². The zero-order valence-corrected chi connectivity index (χ0v) is 9.89. The van der Waals surface area contributed by atoms with Gasteiger partial charge in [-0.15, -0.1) is 11.3 Å². The van der Waals surface area contributed by atoms with Crippen LogP contribution in [0.5, 0.6) is 0 Å². The molecule has 0 atom stereocenters. The van der Waals surface area contributed by atoms with Crippen LogP contribution in [0.3, 0.4) is 0 Å². The molecule has 15 heavy (non-hydrogen) atoms. The lowest BCUT2D eigenvalue weighted by atomic mass is 10.3. The molecule has 1 heterocycles. The van der Waals surface area contributed by atoms with Gasteiger partial charge in [0.25, 0.3) is 0 Å². The summed E-state index contributed by atoms with van der Waals surface area (Å²) in [6, 6.07) is 0. The second kappa shape index (κ2) is 5.82. The molecule has 0 saturated carbocycles. The maximum atomic E-state index is 11.5. The summed E-state index contributed by atoms with van der Waals surface area (Å²) in [7, 11) is 0. The maximum absolute atomic E-state index is 11.5. The monoisotopic (exact) mass is 228 g/mol. The van der Waals surface area contributed by atoms with Crippen LogP contribution in [0.15, 0.2) is 0 Å². The van der Waals surface area contributed by atoms with E-state index in [4.69, 9.17) is 10.5 Å². The molecule has 0 radical (unpaired) electrons. The van der Waals surface area contributed by atoms with Gasteiger partial charge in [-0.1, -0.05) is 0 Å². The molecule has 0 aliphatic carbocycles. The second-order valence-corrected chi connectivity index (χ2v) is 4.22. The van der Waals surface area contributed by atoms with Gasteiger partial charge in [0.05, 0.1) is 17.3 Å². The van der Waals surface area contributed by atoms with Crippen molar-refractivity contribution in [2.45, 2.75) is 26.7 Å². The van der Waals surface area contributed by atoms with Crippen molar-refractivity contribution in [1.29, 1.82) is 0 Å². The molecule has 1 aromatic heterocycles. The fourth-order valence-corrected chi connectivity index (χ4v) is 2.20. The number of thiazole rings is 1. The summed E-state index contributed by atoms with van der Waals surface area (Å²) in [6.45, 7) is 4.67. The molecular formula is C10H16N2O2S. The molecule has 0 unspecified atom stereocenters. The Morgan fingerprint density at radius 1 is 1.60 bits per heavy atom. The number of rotatable bonds is 5. The molecule has 0 bridgehead atoms. The van der Waals surface area contributed by atoms with E-state index in [-0.39, 0.29) is 5.97 Å². The topological polar surface area (TPSA) is 65.2 Å². The first kappa shape index (κ1) is 12.1. The molecule has 0 aliphatic rings. The fourth-order valence-electron chi connectivity index (χ4n) is 1.20. The van der Waals surface area contributed by atoms with Crippen molar-refractivity contribution in [2.24, 2.45) is 5.73 Å². The van der Waals surface area contributed by atoms with E-state index >= 15 is 0 Å². The van der Waals surface area contributed by atoms with Crippen LogP contribution >= 0.6 is 11.3 Å². The average Bonchev–Trinajstić information content (AvgIpc) is 2.57. The number of nitrogens with two attached hydrogens (primary N) is 1. The minimum atomic E-state index is -0.272. The smallest absolute Gasteiger partial charge is 0.350 e. The minimum absolute atomic E-state index is 0.272. The van der Waals surface area contributed by atoms with E-state index in [1.807, 2.05) is 6.92 Å². The Bertz CT molecular complexity index is 336. The summed E-state index contributed by atoms with van der Waals surface area (Å²) in [4.78, 5) is 16.4. The predicted molar refractivity (Wildman–Crippen MR) is 60.2 cm³/mol. The van der Waals surface area contributed by atoms with E-state index in [1.165, 1.54) is 11.3 Å². The largest absolute Gasteiger partial charge is 0.462 e. The molecule has 0 aliphatic heterocycles. The molecule has 5 heteroatoms. The Morgan fingerprint density at radius 2 is 2.33 bits per heavy atom. The first-order valence-corrected chi connectivity index (χ1v) is 5.84. The highest BCUT2D eigenvalue weighted by Crippen LogP contribution is 2.20. The molecule has 4 nitrogen and oxygen atoms in total. The Kier molecular flexibility index (Phi) is 4.71. The summed E-state index contributed by atoms with van der Waals surface area (Å²) < 4.78 is 4.93. The van der Waals surface area contributed by atoms with Crippen molar-refractivity contribution in [3.63, 3.8) is 0 Å². The van der Waals surface area contributed by atoms with Crippen LogP contribution < -0.4 is 5.73 Å². The van der Waals surface area contributed by atoms with Crippen molar-refractivity contribution in [1.82, 2.24) is 4.98 Å². The van der Waals surface area contributed by atoms with E-state index in [9.17, 15) is 4.79 Å². The quantitative estimate of drug-likeness (QED) is 0.776. The molecule has 0 amide bonds. The molecular weight excluding hydrogens is 212 g/mol. The number of esters is 1. The van der Waals surface area contributed by atoms with Crippen LogP contribution in [0.4, 0.5) is 0 Å². The van der Waals surface area contributed by atoms with Crippen molar-refractivity contribution in [3.05, 3.63) is 15.6 Å². The molecule has 0 saturated heterocycles. The zero-order chi connectivity index (χ0) is 11.3.